The maximum absolute atomic E-state index is 12.2. The first-order chi connectivity index (χ1) is 10.1. The largest absolute Gasteiger partial charge is 0.493 e. The minimum Gasteiger partial charge on any atom is -0.493 e. The molecule has 110 valence electrons. The van der Waals surface area contributed by atoms with Crippen LogP contribution in [0.4, 0.5) is 0 Å². The van der Waals surface area contributed by atoms with Gasteiger partial charge in [0.05, 0.1) is 12.7 Å². The number of methoxy groups -OCH3 is 1. The van der Waals surface area contributed by atoms with Gasteiger partial charge in [-0.3, -0.25) is 4.21 Å². The van der Waals surface area contributed by atoms with Crippen molar-refractivity contribution in [2.24, 2.45) is 0 Å². The van der Waals surface area contributed by atoms with E-state index in [1.54, 1.807) is 48.7 Å². The molecule has 0 bridgehead atoms. The van der Waals surface area contributed by atoms with Gasteiger partial charge in [0, 0.05) is 22.8 Å². The van der Waals surface area contributed by atoms with Crippen LogP contribution in [0.2, 0.25) is 0 Å². The molecule has 0 N–H and O–H groups in total. The molecule has 0 saturated heterocycles. The summed E-state index contributed by atoms with van der Waals surface area (Å²) in [4.78, 5) is 12.2. The van der Waals surface area contributed by atoms with Gasteiger partial charge < -0.3 is 9.47 Å². The van der Waals surface area contributed by atoms with Crippen molar-refractivity contribution in [1.29, 1.82) is 0 Å². The van der Waals surface area contributed by atoms with Gasteiger partial charge in [-0.2, -0.15) is 0 Å². The topological polar surface area (TPSA) is 52.6 Å². The van der Waals surface area contributed by atoms with Gasteiger partial charge in [0.1, 0.15) is 0 Å². The van der Waals surface area contributed by atoms with Crippen LogP contribution in [-0.2, 0) is 16.6 Å². The Bertz CT molecular complexity index is 667. The summed E-state index contributed by atoms with van der Waals surface area (Å²) in [6.07, 6.45) is 1.62. The fourth-order valence-electron chi connectivity index (χ4n) is 1.88. The van der Waals surface area contributed by atoms with Gasteiger partial charge in [-0.15, -0.1) is 0 Å². The van der Waals surface area contributed by atoms with Crippen LogP contribution >= 0.6 is 0 Å². The van der Waals surface area contributed by atoms with Crippen LogP contribution in [0.25, 0.3) is 0 Å². The van der Waals surface area contributed by atoms with Crippen molar-refractivity contribution >= 4 is 16.8 Å². The Labute approximate surface area is 126 Å². The van der Waals surface area contributed by atoms with Crippen molar-refractivity contribution in [3.05, 3.63) is 59.7 Å². The van der Waals surface area contributed by atoms with Gasteiger partial charge >= 0.3 is 5.97 Å². The summed E-state index contributed by atoms with van der Waals surface area (Å²) in [7, 11) is 0.565. The van der Waals surface area contributed by atoms with Gasteiger partial charge in [0.2, 0.25) is 0 Å². The minimum atomic E-state index is -0.953. The van der Waals surface area contributed by atoms with Gasteiger partial charge in [0.25, 0.3) is 0 Å². The van der Waals surface area contributed by atoms with Gasteiger partial charge in [0.15, 0.2) is 11.5 Å². The van der Waals surface area contributed by atoms with Crippen LogP contribution < -0.4 is 9.47 Å². The molecule has 2 rings (SSSR count). The highest BCUT2D eigenvalue weighted by molar-refractivity contribution is 7.83. The van der Waals surface area contributed by atoms with E-state index in [4.69, 9.17) is 9.47 Å². The van der Waals surface area contributed by atoms with Crippen LogP contribution in [0, 0.1) is 0 Å². The Balaban J connectivity index is 2.18. The number of ether oxygens (including phenoxy) is 2. The summed E-state index contributed by atoms with van der Waals surface area (Å²) in [5.41, 5.74) is 1.26. The fourth-order valence-corrected chi connectivity index (χ4v) is 2.53. The first-order valence-electron chi connectivity index (χ1n) is 6.34. The zero-order valence-corrected chi connectivity index (χ0v) is 12.7. The Kier molecular flexibility index (Phi) is 5.11. The lowest BCUT2D eigenvalue weighted by Crippen LogP contribution is -2.09. The summed E-state index contributed by atoms with van der Waals surface area (Å²) in [5.74, 6) is 0.810. The van der Waals surface area contributed by atoms with E-state index >= 15 is 0 Å². The van der Waals surface area contributed by atoms with E-state index in [-0.39, 0.29) is 0 Å². The molecule has 2 aromatic carbocycles. The van der Waals surface area contributed by atoms with Crippen molar-refractivity contribution in [3.8, 4) is 11.5 Å². The third kappa shape index (κ3) is 4.16. The molecule has 0 spiro atoms. The van der Waals surface area contributed by atoms with E-state index in [2.05, 4.69) is 0 Å². The van der Waals surface area contributed by atoms with Crippen LogP contribution in [-0.4, -0.2) is 23.5 Å². The summed E-state index contributed by atoms with van der Waals surface area (Å²) in [5, 5.41) is 0. The lowest BCUT2D eigenvalue weighted by Gasteiger charge is -2.09. The molecule has 5 heteroatoms. The highest BCUT2D eigenvalue weighted by atomic mass is 32.2. The molecule has 2 aromatic rings. The number of carbonyl (C=O) groups is 1. The smallest absolute Gasteiger partial charge is 0.343 e. The summed E-state index contributed by atoms with van der Waals surface area (Å²) >= 11 is 0. The maximum atomic E-state index is 12.2. The van der Waals surface area contributed by atoms with Crippen LogP contribution in [0.15, 0.2) is 48.5 Å². The Morgan fingerprint density at radius 1 is 1.10 bits per heavy atom. The molecule has 0 aromatic heterocycles. The monoisotopic (exact) mass is 304 g/mol. The number of benzene rings is 2. The Morgan fingerprint density at radius 2 is 1.81 bits per heavy atom. The van der Waals surface area contributed by atoms with Crippen molar-refractivity contribution in [2.45, 2.75) is 5.75 Å². The number of rotatable bonds is 5. The van der Waals surface area contributed by atoms with Crippen molar-refractivity contribution in [2.75, 3.05) is 13.4 Å². The number of hydrogen-bond acceptors (Lipinski definition) is 4. The zero-order valence-electron chi connectivity index (χ0n) is 11.9. The van der Waals surface area contributed by atoms with Crippen molar-refractivity contribution < 1.29 is 18.5 Å². The van der Waals surface area contributed by atoms with Crippen molar-refractivity contribution in [1.82, 2.24) is 0 Å². The van der Waals surface area contributed by atoms with E-state index in [9.17, 15) is 9.00 Å². The predicted molar refractivity (Wildman–Crippen MR) is 82.2 cm³/mol. The number of esters is 1. The third-order valence-electron chi connectivity index (χ3n) is 2.80. The lowest BCUT2D eigenvalue weighted by molar-refractivity contribution is 0.0729. The van der Waals surface area contributed by atoms with Crippen molar-refractivity contribution in [3.63, 3.8) is 0 Å². The van der Waals surface area contributed by atoms with Crippen LogP contribution in [0.5, 0.6) is 11.5 Å². The standard InChI is InChI=1S/C16H16O4S/c1-19-14-8-3-4-9-15(14)20-16(17)13-7-5-6-12(10-13)11-21(2)18/h3-10H,11H2,1-2H3. The molecule has 0 aliphatic carbocycles. The quantitative estimate of drug-likeness (QED) is 0.629. The van der Waals surface area contributed by atoms with Crippen LogP contribution in [0.1, 0.15) is 15.9 Å². The third-order valence-corrected chi connectivity index (χ3v) is 3.54. The molecular formula is C16H16O4S. The molecule has 0 amide bonds. The molecular weight excluding hydrogens is 288 g/mol. The lowest BCUT2D eigenvalue weighted by atomic mass is 10.1. The van der Waals surface area contributed by atoms with Gasteiger partial charge in [-0.1, -0.05) is 24.3 Å². The van der Waals surface area contributed by atoms with E-state index < -0.39 is 16.8 Å². The number of hydrogen-bond donors (Lipinski definition) is 0. The highest BCUT2D eigenvalue weighted by Gasteiger charge is 2.12. The Hall–Kier alpha value is -2.14. The second-order valence-electron chi connectivity index (χ2n) is 4.46. The molecule has 1 unspecified atom stereocenters. The van der Waals surface area contributed by atoms with E-state index in [1.807, 2.05) is 6.07 Å². The second-order valence-corrected chi connectivity index (χ2v) is 5.89. The molecule has 4 nitrogen and oxygen atoms in total. The first kappa shape index (κ1) is 15.3. The number of carbonyl (C=O) groups excluding carboxylic acids is 1. The average Bonchev–Trinajstić information content (AvgIpc) is 2.47. The first-order valence-corrected chi connectivity index (χ1v) is 8.07. The molecule has 0 aliphatic rings. The summed E-state index contributed by atoms with van der Waals surface area (Å²) in [6, 6.07) is 13.9. The van der Waals surface area contributed by atoms with Gasteiger partial charge in [-0.25, -0.2) is 4.79 Å². The molecule has 0 fully saturated rings. The number of para-hydroxylation sites is 2. The molecule has 0 saturated carbocycles. The molecule has 0 radical (unpaired) electrons. The predicted octanol–water partition coefficient (Wildman–Crippen LogP) is 2.79. The van der Waals surface area contributed by atoms with E-state index in [0.717, 1.165) is 5.56 Å². The zero-order chi connectivity index (χ0) is 15.2. The maximum Gasteiger partial charge on any atom is 0.343 e. The van der Waals surface area contributed by atoms with E-state index in [0.29, 0.717) is 22.8 Å². The molecule has 1 atom stereocenters. The normalized spacial score (nSPS) is 11.7. The van der Waals surface area contributed by atoms with E-state index in [1.165, 1.54) is 7.11 Å². The molecule has 0 heterocycles. The van der Waals surface area contributed by atoms with Gasteiger partial charge in [-0.05, 0) is 29.8 Å². The second kappa shape index (κ2) is 7.04. The summed E-state index contributed by atoms with van der Waals surface area (Å²) in [6.45, 7) is 0. The average molecular weight is 304 g/mol. The molecule has 21 heavy (non-hydrogen) atoms. The highest BCUT2D eigenvalue weighted by Crippen LogP contribution is 2.26. The summed E-state index contributed by atoms with van der Waals surface area (Å²) < 4.78 is 21.7. The van der Waals surface area contributed by atoms with Crippen LogP contribution in [0.3, 0.4) is 0 Å². The SMILES string of the molecule is COc1ccccc1OC(=O)c1cccc(CS(C)=O)c1. The fraction of sp³-hybridized carbons (Fsp3) is 0.188. The molecule has 0 aliphatic heterocycles. The Morgan fingerprint density at radius 3 is 2.48 bits per heavy atom. The minimum absolute atomic E-state index is 0.370.